The van der Waals surface area contributed by atoms with Gasteiger partial charge in [0.25, 0.3) is 5.91 Å². The van der Waals surface area contributed by atoms with Crippen molar-refractivity contribution in [3.63, 3.8) is 0 Å². The molecule has 3 rings (SSSR count). The van der Waals surface area contributed by atoms with E-state index in [4.69, 9.17) is 0 Å². The third kappa shape index (κ3) is 4.10. The van der Waals surface area contributed by atoms with Gasteiger partial charge in [0, 0.05) is 18.2 Å². The second-order valence-electron chi connectivity index (χ2n) is 6.73. The summed E-state index contributed by atoms with van der Waals surface area (Å²) in [5.74, 6) is 0.182. The Balaban J connectivity index is 1.77. The molecule has 2 saturated carbocycles. The summed E-state index contributed by atoms with van der Waals surface area (Å²) in [6.07, 6.45) is 3.08. The highest BCUT2D eigenvalue weighted by Crippen LogP contribution is 2.32. The van der Waals surface area contributed by atoms with Gasteiger partial charge in [-0.2, -0.15) is 0 Å². The monoisotopic (exact) mass is 316 g/mol. The lowest BCUT2D eigenvalue weighted by Crippen LogP contribution is -2.54. The Morgan fingerprint density at radius 2 is 1.87 bits per heavy atom. The first-order valence-corrected chi connectivity index (χ1v) is 8.41. The molecule has 1 aromatic carbocycles. The number of anilines is 1. The molecule has 0 saturated heterocycles. The van der Waals surface area contributed by atoms with Crippen LogP contribution < -0.4 is 10.2 Å². The van der Waals surface area contributed by atoms with Gasteiger partial charge in [0.2, 0.25) is 5.91 Å². The number of benzene rings is 1. The minimum atomic E-state index is -0.921. The normalized spacial score (nSPS) is 19.7. The Morgan fingerprint density at radius 3 is 2.39 bits per heavy atom. The fourth-order valence-corrected chi connectivity index (χ4v) is 2.66. The number of carbonyl (C=O) groups is 2. The average Bonchev–Trinajstić information content (AvgIpc) is 3.43. The summed E-state index contributed by atoms with van der Waals surface area (Å²) in [6, 6.07) is 8.59. The van der Waals surface area contributed by atoms with Crippen molar-refractivity contribution in [2.24, 2.45) is 11.8 Å². The van der Waals surface area contributed by atoms with E-state index in [0.717, 1.165) is 31.4 Å². The lowest BCUT2D eigenvalue weighted by molar-refractivity contribution is -0.130. The van der Waals surface area contributed by atoms with Crippen LogP contribution in [-0.2, 0) is 9.59 Å². The second-order valence-corrected chi connectivity index (χ2v) is 6.73. The summed E-state index contributed by atoms with van der Waals surface area (Å²) in [6.45, 7) is 2.20. The summed E-state index contributed by atoms with van der Waals surface area (Å²) < 4.78 is 0. The summed E-state index contributed by atoms with van der Waals surface area (Å²) in [5.41, 5.74) is 0.815. The van der Waals surface area contributed by atoms with Gasteiger partial charge in [-0.3, -0.25) is 9.59 Å². The maximum Gasteiger partial charge on any atom is 0.252 e. The third-order valence-electron chi connectivity index (χ3n) is 4.47. The van der Waals surface area contributed by atoms with Crippen LogP contribution in [0.2, 0.25) is 0 Å². The minimum Gasteiger partial charge on any atom is -0.391 e. The molecular weight excluding hydrogens is 292 g/mol. The van der Waals surface area contributed by atoms with Gasteiger partial charge in [-0.1, -0.05) is 18.2 Å². The molecule has 0 radical (unpaired) electrons. The van der Waals surface area contributed by atoms with Gasteiger partial charge in [-0.25, -0.2) is 0 Å². The number of carbonyl (C=O) groups excluding carboxylic acids is 2. The zero-order chi connectivity index (χ0) is 16.4. The van der Waals surface area contributed by atoms with E-state index >= 15 is 0 Å². The first-order valence-electron chi connectivity index (χ1n) is 8.41. The van der Waals surface area contributed by atoms with Crippen LogP contribution in [0.25, 0.3) is 0 Å². The van der Waals surface area contributed by atoms with Crippen molar-refractivity contribution < 1.29 is 14.7 Å². The van der Waals surface area contributed by atoms with Crippen LogP contribution >= 0.6 is 0 Å². The Morgan fingerprint density at radius 1 is 1.22 bits per heavy atom. The second kappa shape index (κ2) is 6.71. The van der Waals surface area contributed by atoms with Gasteiger partial charge < -0.3 is 15.3 Å². The van der Waals surface area contributed by atoms with E-state index in [9.17, 15) is 14.7 Å². The number of nitrogens with one attached hydrogen (secondary N) is 1. The first-order chi connectivity index (χ1) is 11.1. The van der Waals surface area contributed by atoms with Gasteiger partial charge >= 0.3 is 0 Å². The molecule has 5 heteroatoms. The molecule has 2 aliphatic carbocycles. The van der Waals surface area contributed by atoms with Crippen LogP contribution in [0.4, 0.5) is 5.69 Å². The molecule has 1 aromatic rings. The van der Waals surface area contributed by atoms with Crippen molar-refractivity contribution in [3.05, 3.63) is 30.3 Å². The molecule has 2 fully saturated rings. The maximum atomic E-state index is 13.0. The number of nitrogens with zero attached hydrogens (tertiary/aromatic N) is 1. The highest BCUT2D eigenvalue weighted by Gasteiger charge is 2.37. The lowest BCUT2D eigenvalue weighted by Gasteiger charge is -2.29. The van der Waals surface area contributed by atoms with Crippen molar-refractivity contribution in [1.82, 2.24) is 5.32 Å². The lowest BCUT2D eigenvalue weighted by atomic mass is 10.1. The molecule has 0 bridgehead atoms. The molecule has 2 N–H and O–H groups in total. The Hall–Kier alpha value is -1.88. The van der Waals surface area contributed by atoms with Crippen molar-refractivity contribution >= 4 is 17.5 Å². The number of hydrogen-bond acceptors (Lipinski definition) is 3. The third-order valence-corrected chi connectivity index (χ3v) is 4.47. The predicted molar refractivity (Wildman–Crippen MR) is 87.9 cm³/mol. The number of aliphatic hydroxyl groups is 1. The predicted octanol–water partition coefficient (Wildman–Crippen LogP) is 1.71. The van der Waals surface area contributed by atoms with Crippen LogP contribution in [0.5, 0.6) is 0 Å². The van der Waals surface area contributed by atoms with Crippen LogP contribution in [0.1, 0.15) is 32.6 Å². The zero-order valence-corrected chi connectivity index (χ0v) is 13.4. The van der Waals surface area contributed by atoms with E-state index in [0.29, 0.717) is 12.5 Å². The molecule has 23 heavy (non-hydrogen) atoms. The van der Waals surface area contributed by atoms with Gasteiger partial charge in [-0.05, 0) is 50.7 Å². The van der Waals surface area contributed by atoms with E-state index in [1.54, 1.807) is 11.8 Å². The van der Waals surface area contributed by atoms with Crippen molar-refractivity contribution in [3.8, 4) is 0 Å². The van der Waals surface area contributed by atoms with Crippen LogP contribution in [-0.4, -0.2) is 35.6 Å². The van der Waals surface area contributed by atoms with E-state index in [-0.39, 0.29) is 17.7 Å². The fourth-order valence-electron chi connectivity index (χ4n) is 2.66. The molecule has 2 aliphatic rings. The number of para-hydroxylation sites is 1. The molecule has 2 atom stereocenters. The number of hydrogen-bond donors (Lipinski definition) is 2. The van der Waals surface area contributed by atoms with Gasteiger partial charge in [0.05, 0.1) is 6.10 Å². The van der Waals surface area contributed by atoms with Crippen LogP contribution in [0.15, 0.2) is 30.3 Å². The molecular formula is C18H24N2O3. The van der Waals surface area contributed by atoms with Crippen LogP contribution in [0.3, 0.4) is 0 Å². The molecule has 2 amide bonds. The number of aliphatic hydroxyl groups excluding tert-OH is 1. The maximum absolute atomic E-state index is 13.0. The summed E-state index contributed by atoms with van der Waals surface area (Å²) in [5, 5.41) is 12.8. The Kier molecular flexibility index (Phi) is 4.66. The molecule has 0 aliphatic heterocycles. The Bertz CT molecular complexity index is 565. The van der Waals surface area contributed by atoms with Crippen molar-refractivity contribution in [2.75, 3.05) is 11.4 Å². The van der Waals surface area contributed by atoms with E-state index < -0.39 is 12.1 Å². The minimum absolute atomic E-state index is 0.0117. The number of amides is 2. The van der Waals surface area contributed by atoms with Gasteiger partial charge in [0.1, 0.15) is 6.04 Å². The molecule has 0 heterocycles. The van der Waals surface area contributed by atoms with E-state index in [1.165, 1.54) is 0 Å². The largest absolute Gasteiger partial charge is 0.391 e. The summed E-state index contributed by atoms with van der Waals surface area (Å²) in [7, 11) is 0. The first kappa shape index (κ1) is 16.0. The van der Waals surface area contributed by atoms with E-state index in [1.807, 2.05) is 30.3 Å². The highest BCUT2D eigenvalue weighted by atomic mass is 16.3. The van der Waals surface area contributed by atoms with E-state index in [2.05, 4.69) is 5.32 Å². The van der Waals surface area contributed by atoms with Gasteiger partial charge in [-0.15, -0.1) is 0 Å². The molecule has 5 nitrogen and oxygen atoms in total. The van der Waals surface area contributed by atoms with Gasteiger partial charge in [0.15, 0.2) is 0 Å². The summed E-state index contributed by atoms with van der Waals surface area (Å²) in [4.78, 5) is 26.7. The average molecular weight is 316 g/mol. The summed E-state index contributed by atoms with van der Waals surface area (Å²) >= 11 is 0. The van der Waals surface area contributed by atoms with Crippen molar-refractivity contribution in [1.29, 1.82) is 0 Å². The molecule has 0 aromatic heterocycles. The molecule has 2 unspecified atom stereocenters. The number of rotatable bonds is 7. The smallest absolute Gasteiger partial charge is 0.252 e. The Labute approximate surface area is 136 Å². The standard InChI is InChI=1S/C18H24N2O3/c1-12(21)16(19-17(22)14-9-10-14)18(23)20(11-13-7-8-13)15-5-3-2-4-6-15/h2-6,12-14,16,21H,7-11H2,1H3,(H,19,22). The topological polar surface area (TPSA) is 69.6 Å². The fraction of sp³-hybridized carbons (Fsp3) is 0.556. The van der Waals surface area contributed by atoms with Crippen molar-refractivity contribution in [2.45, 2.75) is 44.8 Å². The molecule has 0 spiro atoms. The van der Waals surface area contributed by atoms with Crippen LogP contribution in [0, 0.1) is 11.8 Å². The zero-order valence-electron chi connectivity index (χ0n) is 13.4. The highest BCUT2D eigenvalue weighted by molar-refractivity contribution is 6.00. The quantitative estimate of drug-likeness (QED) is 0.804. The SMILES string of the molecule is CC(O)C(NC(=O)C1CC1)C(=O)N(CC1CC1)c1ccccc1. The molecule has 124 valence electrons.